The summed E-state index contributed by atoms with van der Waals surface area (Å²) in [4.78, 5) is 0. The highest BCUT2D eigenvalue weighted by Gasteiger charge is 2.05. The van der Waals surface area contributed by atoms with Gasteiger partial charge in [0.15, 0.2) is 0 Å². The lowest BCUT2D eigenvalue weighted by Gasteiger charge is -2.13. The molecule has 1 aromatic carbocycles. The summed E-state index contributed by atoms with van der Waals surface area (Å²) < 4.78 is 5.62. The van der Waals surface area contributed by atoms with Crippen LogP contribution in [0.1, 0.15) is 26.7 Å². The van der Waals surface area contributed by atoms with Gasteiger partial charge in [0.05, 0.1) is 11.6 Å². The maximum absolute atomic E-state index is 5.99. The second-order valence-corrected chi connectivity index (χ2v) is 4.30. The number of nitrogens with two attached hydrogens (primary N) is 1. The zero-order chi connectivity index (χ0) is 11.3. The first-order chi connectivity index (χ1) is 7.13. The van der Waals surface area contributed by atoms with Crippen molar-refractivity contribution in [3.05, 3.63) is 23.2 Å². The molecule has 0 saturated heterocycles. The molecule has 0 aliphatic heterocycles. The smallest absolute Gasteiger partial charge is 0.138 e. The summed E-state index contributed by atoms with van der Waals surface area (Å²) in [6.07, 6.45) is 2.35. The number of nitrogen functional groups attached to an aromatic ring is 1. The molecule has 0 aliphatic rings. The lowest BCUT2D eigenvalue weighted by atomic mass is 10.1. The van der Waals surface area contributed by atoms with E-state index >= 15 is 0 Å². The van der Waals surface area contributed by atoms with E-state index in [1.54, 1.807) is 12.1 Å². The Morgan fingerprint density at radius 2 is 2.20 bits per heavy atom. The van der Waals surface area contributed by atoms with Gasteiger partial charge in [0.25, 0.3) is 0 Å². The van der Waals surface area contributed by atoms with Gasteiger partial charge in [-0.2, -0.15) is 0 Å². The molecule has 2 N–H and O–H groups in total. The first-order valence-electron chi connectivity index (χ1n) is 5.31. The fourth-order valence-corrected chi connectivity index (χ4v) is 1.69. The van der Waals surface area contributed by atoms with Crippen molar-refractivity contribution in [2.24, 2.45) is 5.92 Å². The van der Waals surface area contributed by atoms with Crippen molar-refractivity contribution in [1.29, 1.82) is 0 Å². The molecule has 0 unspecified atom stereocenters. The van der Waals surface area contributed by atoms with Crippen molar-refractivity contribution >= 4 is 17.3 Å². The Kier molecular flexibility index (Phi) is 4.76. The molecule has 0 aromatic heterocycles. The Hall–Kier alpha value is -0.890. The van der Waals surface area contributed by atoms with Crippen molar-refractivity contribution in [1.82, 2.24) is 0 Å². The molecule has 0 aliphatic carbocycles. The predicted molar refractivity (Wildman–Crippen MR) is 65.4 cm³/mol. The molecule has 0 bridgehead atoms. The fourth-order valence-electron chi connectivity index (χ4n) is 1.44. The normalized spacial score (nSPS) is 12.5. The minimum atomic E-state index is 0.559. The highest BCUT2D eigenvalue weighted by Crippen LogP contribution is 2.26. The van der Waals surface area contributed by atoms with Crippen LogP contribution in [0.3, 0.4) is 0 Å². The van der Waals surface area contributed by atoms with E-state index in [2.05, 4.69) is 13.8 Å². The number of anilines is 1. The van der Waals surface area contributed by atoms with Crippen molar-refractivity contribution < 1.29 is 4.74 Å². The van der Waals surface area contributed by atoms with Crippen LogP contribution in [0.5, 0.6) is 5.75 Å². The summed E-state index contributed by atoms with van der Waals surface area (Å²) in [6.45, 7) is 5.05. The number of hydrogen-bond acceptors (Lipinski definition) is 2. The van der Waals surface area contributed by atoms with E-state index in [0.717, 1.165) is 0 Å². The number of halogens is 1. The Morgan fingerprint density at radius 1 is 1.47 bits per heavy atom. The Labute approximate surface area is 96.4 Å². The third-order valence-corrected chi connectivity index (χ3v) is 2.56. The van der Waals surface area contributed by atoms with Crippen molar-refractivity contribution in [3.8, 4) is 5.75 Å². The second-order valence-electron chi connectivity index (χ2n) is 3.89. The topological polar surface area (TPSA) is 35.2 Å². The molecular formula is C12H18ClNO. The largest absolute Gasteiger partial charge is 0.492 e. The van der Waals surface area contributed by atoms with Crippen LogP contribution in [0.2, 0.25) is 5.02 Å². The minimum absolute atomic E-state index is 0.559. The third kappa shape index (κ3) is 4.00. The molecule has 1 rings (SSSR count). The van der Waals surface area contributed by atoms with Crippen LogP contribution in [0.25, 0.3) is 0 Å². The lowest BCUT2D eigenvalue weighted by Crippen LogP contribution is -2.08. The van der Waals surface area contributed by atoms with Gasteiger partial charge in [-0.05, 0) is 30.5 Å². The number of rotatable bonds is 5. The summed E-state index contributed by atoms with van der Waals surface area (Å²) in [6, 6.07) is 5.32. The summed E-state index contributed by atoms with van der Waals surface area (Å²) in [5.74, 6) is 1.28. The summed E-state index contributed by atoms with van der Waals surface area (Å²) in [5.41, 5.74) is 6.25. The molecule has 3 heteroatoms. The van der Waals surface area contributed by atoms with Gasteiger partial charge in [0, 0.05) is 5.69 Å². The minimum Gasteiger partial charge on any atom is -0.492 e. The van der Waals surface area contributed by atoms with Gasteiger partial charge < -0.3 is 10.5 Å². The van der Waals surface area contributed by atoms with E-state index in [4.69, 9.17) is 22.1 Å². The quantitative estimate of drug-likeness (QED) is 0.778. The van der Waals surface area contributed by atoms with E-state index in [0.29, 0.717) is 29.0 Å². The van der Waals surface area contributed by atoms with Crippen molar-refractivity contribution in [2.45, 2.75) is 26.7 Å². The number of hydrogen-bond donors (Lipinski definition) is 1. The van der Waals surface area contributed by atoms with Crippen LogP contribution in [-0.4, -0.2) is 6.61 Å². The van der Waals surface area contributed by atoms with Gasteiger partial charge in [-0.15, -0.1) is 0 Å². The zero-order valence-electron chi connectivity index (χ0n) is 9.29. The highest BCUT2D eigenvalue weighted by atomic mass is 35.5. The monoisotopic (exact) mass is 227 g/mol. The van der Waals surface area contributed by atoms with E-state index < -0.39 is 0 Å². The number of ether oxygens (including phenoxy) is 1. The Bertz CT molecular complexity index is 314. The molecule has 0 amide bonds. The predicted octanol–water partition coefficient (Wildman–Crippen LogP) is 3.74. The SMILES string of the molecule is CCC[C@H](C)COc1ccc(N)cc1Cl. The molecule has 0 fully saturated rings. The second kappa shape index (κ2) is 5.86. The summed E-state index contributed by atoms with van der Waals surface area (Å²) in [7, 11) is 0. The maximum Gasteiger partial charge on any atom is 0.138 e. The van der Waals surface area contributed by atoms with E-state index in [1.807, 2.05) is 6.07 Å². The van der Waals surface area contributed by atoms with Crippen LogP contribution >= 0.6 is 11.6 Å². The average Bonchev–Trinajstić information content (AvgIpc) is 2.17. The van der Waals surface area contributed by atoms with Crippen LogP contribution in [0, 0.1) is 5.92 Å². The molecule has 0 spiro atoms. The molecule has 1 aromatic rings. The standard InChI is InChI=1S/C12H18ClNO/c1-3-4-9(2)8-15-12-6-5-10(14)7-11(12)13/h5-7,9H,3-4,8,14H2,1-2H3/t9-/m0/s1. The zero-order valence-corrected chi connectivity index (χ0v) is 10.1. The maximum atomic E-state index is 5.99. The average molecular weight is 228 g/mol. The molecule has 1 atom stereocenters. The van der Waals surface area contributed by atoms with Gasteiger partial charge in [-0.3, -0.25) is 0 Å². The van der Waals surface area contributed by atoms with Crippen LogP contribution in [0.4, 0.5) is 5.69 Å². The van der Waals surface area contributed by atoms with Crippen molar-refractivity contribution in [2.75, 3.05) is 12.3 Å². The van der Waals surface area contributed by atoms with Gasteiger partial charge in [-0.1, -0.05) is 31.9 Å². The van der Waals surface area contributed by atoms with Gasteiger partial charge in [0.2, 0.25) is 0 Å². The highest BCUT2D eigenvalue weighted by molar-refractivity contribution is 6.32. The number of benzene rings is 1. The van der Waals surface area contributed by atoms with Crippen LogP contribution in [-0.2, 0) is 0 Å². The molecule has 15 heavy (non-hydrogen) atoms. The van der Waals surface area contributed by atoms with Crippen LogP contribution < -0.4 is 10.5 Å². The van der Waals surface area contributed by atoms with E-state index in [9.17, 15) is 0 Å². The summed E-state index contributed by atoms with van der Waals surface area (Å²) in [5, 5.41) is 0.582. The van der Waals surface area contributed by atoms with Gasteiger partial charge >= 0.3 is 0 Å². The first-order valence-corrected chi connectivity index (χ1v) is 5.69. The first kappa shape index (κ1) is 12.2. The Morgan fingerprint density at radius 3 is 2.80 bits per heavy atom. The molecule has 2 nitrogen and oxygen atoms in total. The lowest BCUT2D eigenvalue weighted by molar-refractivity contribution is 0.251. The van der Waals surface area contributed by atoms with E-state index in [1.165, 1.54) is 12.8 Å². The Balaban J connectivity index is 2.50. The van der Waals surface area contributed by atoms with Crippen molar-refractivity contribution in [3.63, 3.8) is 0 Å². The molecule has 0 saturated carbocycles. The molecule has 0 heterocycles. The van der Waals surface area contributed by atoms with Gasteiger partial charge in [0.1, 0.15) is 5.75 Å². The molecule has 84 valence electrons. The third-order valence-electron chi connectivity index (χ3n) is 2.26. The molecular weight excluding hydrogens is 210 g/mol. The van der Waals surface area contributed by atoms with Gasteiger partial charge in [-0.25, -0.2) is 0 Å². The fraction of sp³-hybridized carbons (Fsp3) is 0.500. The molecule has 0 radical (unpaired) electrons. The van der Waals surface area contributed by atoms with Crippen LogP contribution in [0.15, 0.2) is 18.2 Å². The summed E-state index contributed by atoms with van der Waals surface area (Å²) >= 11 is 5.99. The van der Waals surface area contributed by atoms with E-state index in [-0.39, 0.29) is 0 Å².